The van der Waals surface area contributed by atoms with Crippen molar-refractivity contribution < 1.29 is 19.1 Å². The summed E-state index contributed by atoms with van der Waals surface area (Å²) in [6.07, 6.45) is 0. The Kier molecular flexibility index (Phi) is 13.3. The van der Waals surface area contributed by atoms with Crippen molar-refractivity contribution in [1.82, 2.24) is 0 Å². The van der Waals surface area contributed by atoms with Crippen LogP contribution >= 0.6 is 57.5 Å². The van der Waals surface area contributed by atoms with Gasteiger partial charge in [0.05, 0.1) is 25.3 Å². The van der Waals surface area contributed by atoms with Crippen molar-refractivity contribution in [3.8, 4) is 11.1 Å². The average Bonchev–Trinajstić information content (AvgIpc) is 2.74. The van der Waals surface area contributed by atoms with Gasteiger partial charge in [-0.2, -0.15) is 0 Å². The maximum atomic E-state index is 12.6. The van der Waals surface area contributed by atoms with E-state index in [0.717, 1.165) is 23.5 Å². The molecule has 0 saturated heterocycles. The standard InChI is InChI=1S/C20H22N4O4S2.2BrH/c1-27-17(25)13-7-3-5-11(9-29-19(21)22)15(13)16-12(10-30-20(23)24)6-4-8-14(16)18(26)28-2;;/h3-8H,9-10H2,1-2H3,(H3,21,22)(H3,23,24);2*1H. The zero-order chi connectivity index (χ0) is 22.3. The Bertz CT molecular complexity index is 926. The van der Waals surface area contributed by atoms with E-state index in [1.165, 1.54) is 14.2 Å². The molecule has 0 unspecified atom stereocenters. The summed E-state index contributed by atoms with van der Waals surface area (Å²) in [5.41, 5.74) is 13.9. The van der Waals surface area contributed by atoms with E-state index in [4.69, 9.17) is 31.8 Å². The number of nitrogens with two attached hydrogens (primary N) is 2. The molecule has 0 aliphatic rings. The summed E-state index contributed by atoms with van der Waals surface area (Å²) in [5.74, 6) is -0.511. The number of esters is 2. The molecule has 0 heterocycles. The Balaban J connectivity index is 0.00000480. The number of rotatable bonds is 7. The van der Waals surface area contributed by atoms with Crippen LogP contribution in [0.4, 0.5) is 0 Å². The van der Waals surface area contributed by atoms with Crippen molar-refractivity contribution >= 4 is 79.8 Å². The SMILES string of the molecule is Br.Br.COC(=O)c1cccc(CSC(=N)N)c1-c1c(CSC(=N)N)cccc1C(=O)OC. The van der Waals surface area contributed by atoms with Gasteiger partial charge in [0.25, 0.3) is 0 Å². The first-order chi connectivity index (χ1) is 14.3. The second-order valence-corrected chi connectivity index (χ2v) is 8.00. The molecule has 2 rings (SSSR count). The van der Waals surface area contributed by atoms with E-state index in [2.05, 4.69) is 0 Å². The number of hydrogen-bond donors (Lipinski definition) is 4. The Morgan fingerprint density at radius 2 is 1.12 bits per heavy atom. The van der Waals surface area contributed by atoms with Crippen LogP contribution < -0.4 is 11.5 Å². The number of amidine groups is 2. The zero-order valence-corrected chi connectivity index (χ0v) is 22.4. The highest BCUT2D eigenvalue weighted by Crippen LogP contribution is 2.37. The van der Waals surface area contributed by atoms with E-state index in [1.54, 1.807) is 36.4 Å². The van der Waals surface area contributed by atoms with Crippen molar-refractivity contribution in [3.05, 3.63) is 58.7 Å². The first-order valence-electron chi connectivity index (χ1n) is 8.64. The van der Waals surface area contributed by atoms with E-state index >= 15 is 0 Å². The van der Waals surface area contributed by atoms with Crippen LogP contribution in [0.15, 0.2) is 36.4 Å². The van der Waals surface area contributed by atoms with Gasteiger partial charge in [-0.3, -0.25) is 10.8 Å². The van der Waals surface area contributed by atoms with Gasteiger partial charge in [-0.1, -0.05) is 47.8 Å². The van der Waals surface area contributed by atoms with E-state index in [-0.39, 0.29) is 55.4 Å². The van der Waals surface area contributed by atoms with Crippen LogP contribution in [-0.4, -0.2) is 36.5 Å². The summed E-state index contributed by atoms with van der Waals surface area (Å²) >= 11 is 2.20. The van der Waals surface area contributed by atoms with Crippen molar-refractivity contribution in [2.24, 2.45) is 11.5 Å². The summed E-state index contributed by atoms with van der Waals surface area (Å²) in [6, 6.07) is 10.2. The smallest absolute Gasteiger partial charge is 0.338 e. The molecule has 0 aliphatic carbocycles. The number of methoxy groups -OCH3 is 2. The third kappa shape index (κ3) is 7.54. The normalized spacial score (nSPS) is 9.69. The van der Waals surface area contributed by atoms with E-state index in [0.29, 0.717) is 33.8 Å². The molecular formula is C20H24Br2N4O4S2. The van der Waals surface area contributed by atoms with Gasteiger partial charge >= 0.3 is 11.9 Å². The highest BCUT2D eigenvalue weighted by Gasteiger charge is 2.25. The van der Waals surface area contributed by atoms with Crippen molar-refractivity contribution in [3.63, 3.8) is 0 Å². The van der Waals surface area contributed by atoms with E-state index in [1.807, 2.05) is 0 Å². The molecule has 0 amide bonds. The lowest BCUT2D eigenvalue weighted by Gasteiger charge is -2.19. The predicted octanol–water partition coefficient (Wildman–Crippen LogP) is 4.34. The topological polar surface area (TPSA) is 152 Å². The number of thioether (sulfide) groups is 2. The van der Waals surface area contributed by atoms with Gasteiger partial charge < -0.3 is 20.9 Å². The molecule has 32 heavy (non-hydrogen) atoms. The third-order valence-electron chi connectivity index (χ3n) is 4.13. The number of nitrogens with one attached hydrogen (secondary N) is 2. The second-order valence-electron chi connectivity index (χ2n) is 5.97. The molecule has 6 N–H and O–H groups in total. The summed E-state index contributed by atoms with van der Waals surface area (Å²) < 4.78 is 9.91. The zero-order valence-electron chi connectivity index (χ0n) is 17.3. The summed E-state index contributed by atoms with van der Waals surface area (Å²) in [5, 5.41) is 14.9. The minimum atomic E-state index is -0.565. The lowest BCUT2D eigenvalue weighted by atomic mass is 9.88. The first-order valence-corrected chi connectivity index (χ1v) is 10.6. The number of benzene rings is 2. The molecule has 8 nitrogen and oxygen atoms in total. The largest absolute Gasteiger partial charge is 0.465 e. The minimum Gasteiger partial charge on any atom is -0.465 e. The Labute approximate surface area is 215 Å². The van der Waals surface area contributed by atoms with E-state index < -0.39 is 11.9 Å². The summed E-state index contributed by atoms with van der Waals surface area (Å²) in [6.45, 7) is 0. The third-order valence-corrected chi connectivity index (χ3v) is 5.66. The Hall–Kier alpha value is -2.02. The molecular weight excluding hydrogens is 584 g/mol. The molecule has 0 aliphatic heterocycles. The van der Waals surface area contributed by atoms with Gasteiger partial charge in [0.2, 0.25) is 0 Å². The molecule has 0 saturated carbocycles. The molecule has 174 valence electrons. The molecule has 12 heteroatoms. The van der Waals surface area contributed by atoms with E-state index in [9.17, 15) is 9.59 Å². The fourth-order valence-corrected chi connectivity index (χ4v) is 4.01. The molecule has 0 aromatic heterocycles. The van der Waals surface area contributed by atoms with Crippen LogP contribution in [0.25, 0.3) is 11.1 Å². The van der Waals surface area contributed by atoms with Crippen molar-refractivity contribution in [2.75, 3.05) is 14.2 Å². The Morgan fingerprint density at radius 1 is 0.781 bits per heavy atom. The predicted molar refractivity (Wildman–Crippen MR) is 142 cm³/mol. The first kappa shape index (κ1) is 30.0. The fraction of sp³-hybridized carbons (Fsp3) is 0.200. The van der Waals surface area contributed by atoms with Crippen LogP contribution in [0.3, 0.4) is 0 Å². The maximum absolute atomic E-state index is 12.6. The van der Waals surface area contributed by atoms with Gasteiger partial charge in [0.15, 0.2) is 10.3 Å². The summed E-state index contributed by atoms with van der Waals surface area (Å²) in [7, 11) is 2.56. The average molecular weight is 608 g/mol. The number of ether oxygens (including phenoxy) is 2. The van der Waals surface area contributed by atoms with Crippen LogP contribution in [0, 0.1) is 10.8 Å². The molecule has 0 fully saturated rings. The molecule has 2 aromatic rings. The van der Waals surface area contributed by atoms with Gasteiger partial charge in [0, 0.05) is 22.6 Å². The van der Waals surface area contributed by atoms with Crippen LogP contribution in [-0.2, 0) is 21.0 Å². The number of carbonyl (C=O) groups excluding carboxylic acids is 2. The van der Waals surface area contributed by atoms with Gasteiger partial charge in [-0.25, -0.2) is 9.59 Å². The number of carbonyl (C=O) groups is 2. The maximum Gasteiger partial charge on any atom is 0.338 e. The molecule has 0 atom stereocenters. The van der Waals surface area contributed by atoms with Gasteiger partial charge in [-0.05, 0) is 23.3 Å². The van der Waals surface area contributed by atoms with Crippen molar-refractivity contribution in [2.45, 2.75) is 11.5 Å². The van der Waals surface area contributed by atoms with Crippen LogP contribution in [0.2, 0.25) is 0 Å². The van der Waals surface area contributed by atoms with Gasteiger partial charge in [0.1, 0.15) is 0 Å². The number of hydrogen-bond acceptors (Lipinski definition) is 8. The van der Waals surface area contributed by atoms with Gasteiger partial charge in [-0.15, -0.1) is 34.0 Å². The Morgan fingerprint density at radius 3 is 1.41 bits per heavy atom. The molecule has 2 aromatic carbocycles. The minimum absolute atomic E-state index is 0. The monoisotopic (exact) mass is 606 g/mol. The molecule has 0 bridgehead atoms. The summed E-state index contributed by atoms with van der Waals surface area (Å²) in [4.78, 5) is 25.1. The highest BCUT2D eigenvalue weighted by atomic mass is 79.9. The van der Waals surface area contributed by atoms with Crippen LogP contribution in [0.1, 0.15) is 31.8 Å². The fourth-order valence-electron chi connectivity index (χ4n) is 2.90. The van der Waals surface area contributed by atoms with Crippen molar-refractivity contribution in [1.29, 1.82) is 10.8 Å². The molecule has 0 spiro atoms. The molecule has 0 radical (unpaired) electrons. The number of halogens is 2. The quantitative estimate of drug-likeness (QED) is 0.206. The lowest BCUT2D eigenvalue weighted by Crippen LogP contribution is -2.12. The highest BCUT2D eigenvalue weighted by molar-refractivity contribution is 8.93. The van der Waals surface area contributed by atoms with Crippen LogP contribution in [0.5, 0.6) is 0 Å². The lowest BCUT2D eigenvalue weighted by molar-refractivity contribution is 0.0590. The second kappa shape index (κ2) is 14.2.